The number of fused-ring (bicyclic) bond motifs is 2. The highest BCUT2D eigenvalue weighted by Crippen LogP contribution is 2.35. The van der Waals surface area contributed by atoms with Crippen LogP contribution >= 0.6 is 11.3 Å². The average Bonchev–Trinajstić information content (AvgIpc) is 3.68. The SMILES string of the molecule is CC[C@@H](c1nnnn1C[C@@H]1CCCO1)N(Cc1cccs1)Cc1cc2cc3c(cc2[nH]c1=O)OCO3. The number of benzene rings is 1. The fraction of sp³-hybridized carbons (Fsp3) is 0.440. The van der Waals surface area contributed by atoms with Gasteiger partial charge >= 0.3 is 0 Å². The molecule has 0 aliphatic carbocycles. The van der Waals surface area contributed by atoms with E-state index >= 15 is 0 Å². The summed E-state index contributed by atoms with van der Waals surface area (Å²) >= 11 is 1.70. The number of aromatic nitrogens is 5. The molecule has 10 nitrogen and oxygen atoms in total. The quantitative estimate of drug-likeness (QED) is 0.365. The molecule has 188 valence electrons. The van der Waals surface area contributed by atoms with Crippen LogP contribution in [0.25, 0.3) is 10.9 Å². The summed E-state index contributed by atoms with van der Waals surface area (Å²) in [6.45, 7) is 4.87. The van der Waals surface area contributed by atoms with Crippen molar-refractivity contribution in [2.75, 3.05) is 13.4 Å². The zero-order valence-electron chi connectivity index (χ0n) is 20.1. The summed E-state index contributed by atoms with van der Waals surface area (Å²) in [6.07, 6.45) is 3.00. The maximum absolute atomic E-state index is 13.2. The highest BCUT2D eigenvalue weighted by Gasteiger charge is 2.28. The molecule has 3 aromatic heterocycles. The Morgan fingerprint density at radius 1 is 1.25 bits per heavy atom. The van der Waals surface area contributed by atoms with E-state index in [1.807, 2.05) is 28.9 Å². The number of nitrogens with one attached hydrogen (secondary N) is 1. The molecule has 0 bridgehead atoms. The summed E-state index contributed by atoms with van der Waals surface area (Å²) in [6, 6.07) is 9.77. The number of nitrogens with zero attached hydrogens (tertiary/aromatic N) is 5. The largest absolute Gasteiger partial charge is 0.454 e. The van der Waals surface area contributed by atoms with Crippen LogP contribution in [0.3, 0.4) is 0 Å². The van der Waals surface area contributed by atoms with Gasteiger partial charge in [0, 0.05) is 41.6 Å². The first kappa shape index (κ1) is 23.1. The first-order valence-corrected chi connectivity index (χ1v) is 13.2. The van der Waals surface area contributed by atoms with Gasteiger partial charge in [-0.05, 0) is 53.3 Å². The van der Waals surface area contributed by atoms with Crippen molar-refractivity contribution >= 4 is 22.2 Å². The predicted molar refractivity (Wildman–Crippen MR) is 134 cm³/mol. The molecule has 0 amide bonds. The normalized spacial score (nSPS) is 17.9. The standard InChI is InChI=1S/C25H28N6O4S/c1-2-21(24-27-28-29-31(24)13-18-5-3-7-33-18)30(14-19-6-4-8-36-19)12-17-9-16-10-22-23(35-15-34-22)11-20(16)26-25(17)32/h4,6,8-11,18,21H,2-3,5,7,12-15H2,1H3,(H,26,32)/t18-,21-/m0/s1. The van der Waals surface area contributed by atoms with Crippen LogP contribution in [0.4, 0.5) is 0 Å². The van der Waals surface area contributed by atoms with Gasteiger partial charge in [0.1, 0.15) is 0 Å². The molecule has 0 saturated carbocycles. The van der Waals surface area contributed by atoms with Gasteiger partial charge in [0.25, 0.3) is 5.56 Å². The zero-order chi connectivity index (χ0) is 24.5. The molecule has 5 heterocycles. The van der Waals surface area contributed by atoms with E-state index in [0.29, 0.717) is 36.7 Å². The van der Waals surface area contributed by atoms with Gasteiger partial charge in [-0.25, -0.2) is 4.68 Å². The number of thiophene rings is 1. The number of tetrazole rings is 1. The second-order valence-corrected chi connectivity index (χ2v) is 10.2. The Morgan fingerprint density at radius 3 is 2.92 bits per heavy atom. The smallest absolute Gasteiger partial charge is 0.252 e. The predicted octanol–water partition coefficient (Wildman–Crippen LogP) is 3.64. The van der Waals surface area contributed by atoms with Gasteiger partial charge in [0.2, 0.25) is 6.79 Å². The molecular formula is C25H28N6O4S. The maximum atomic E-state index is 13.2. The lowest BCUT2D eigenvalue weighted by molar-refractivity contribution is 0.0889. The molecule has 1 aromatic carbocycles. The van der Waals surface area contributed by atoms with E-state index in [4.69, 9.17) is 14.2 Å². The van der Waals surface area contributed by atoms with Crippen molar-refractivity contribution in [3.8, 4) is 11.5 Å². The molecule has 2 atom stereocenters. The lowest BCUT2D eigenvalue weighted by Crippen LogP contribution is -2.33. The van der Waals surface area contributed by atoms with Crippen LogP contribution in [-0.4, -0.2) is 49.6 Å². The Morgan fingerprint density at radius 2 is 2.14 bits per heavy atom. The Bertz CT molecular complexity index is 1400. The monoisotopic (exact) mass is 508 g/mol. The van der Waals surface area contributed by atoms with Gasteiger partial charge in [0.05, 0.1) is 24.2 Å². The average molecular weight is 509 g/mol. The van der Waals surface area contributed by atoms with Crippen molar-refractivity contribution < 1.29 is 14.2 Å². The van der Waals surface area contributed by atoms with Crippen LogP contribution < -0.4 is 15.0 Å². The van der Waals surface area contributed by atoms with Gasteiger partial charge < -0.3 is 19.2 Å². The Hall–Kier alpha value is -3.28. The topological polar surface area (TPSA) is 107 Å². The summed E-state index contributed by atoms with van der Waals surface area (Å²) in [5.41, 5.74) is 1.28. The minimum absolute atomic E-state index is 0.0737. The summed E-state index contributed by atoms with van der Waals surface area (Å²) < 4.78 is 18.7. The van der Waals surface area contributed by atoms with Crippen molar-refractivity contribution in [1.29, 1.82) is 0 Å². The number of rotatable bonds is 9. The molecule has 6 rings (SSSR count). The van der Waals surface area contributed by atoms with Crippen LogP contribution in [0, 0.1) is 0 Å². The summed E-state index contributed by atoms with van der Waals surface area (Å²) in [5, 5.41) is 15.7. The lowest BCUT2D eigenvalue weighted by Gasteiger charge is -2.30. The second-order valence-electron chi connectivity index (χ2n) is 9.18. The summed E-state index contributed by atoms with van der Waals surface area (Å²) in [4.78, 5) is 19.7. The van der Waals surface area contributed by atoms with Crippen molar-refractivity contribution in [2.45, 2.75) is 58.0 Å². The molecule has 2 aliphatic rings. The molecule has 36 heavy (non-hydrogen) atoms. The number of hydrogen-bond donors (Lipinski definition) is 1. The fourth-order valence-electron chi connectivity index (χ4n) is 5.02. The number of H-pyrrole nitrogens is 1. The number of hydrogen-bond acceptors (Lipinski definition) is 9. The van der Waals surface area contributed by atoms with E-state index in [1.54, 1.807) is 11.3 Å². The van der Waals surface area contributed by atoms with Crippen molar-refractivity contribution in [2.24, 2.45) is 0 Å². The van der Waals surface area contributed by atoms with Crippen LogP contribution in [0.5, 0.6) is 11.5 Å². The molecule has 1 saturated heterocycles. The van der Waals surface area contributed by atoms with E-state index in [-0.39, 0.29) is 24.5 Å². The minimum Gasteiger partial charge on any atom is -0.454 e. The highest BCUT2D eigenvalue weighted by molar-refractivity contribution is 7.09. The van der Waals surface area contributed by atoms with Gasteiger partial charge in [0.15, 0.2) is 17.3 Å². The van der Waals surface area contributed by atoms with Crippen molar-refractivity contribution in [1.82, 2.24) is 30.1 Å². The molecular weight excluding hydrogens is 480 g/mol. The molecule has 11 heteroatoms. The molecule has 2 aliphatic heterocycles. The summed E-state index contributed by atoms with van der Waals surface area (Å²) in [7, 11) is 0. The molecule has 1 fully saturated rings. The van der Waals surface area contributed by atoms with E-state index in [9.17, 15) is 4.79 Å². The van der Waals surface area contributed by atoms with Crippen LogP contribution in [0.1, 0.15) is 48.5 Å². The third-order valence-electron chi connectivity index (χ3n) is 6.81. The highest BCUT2D eigenvalue weighted by atomic mass is 32.1. The van der Waals surface area contributed by atoms with E-state index in [2.05, 4.69) is 43.8 Å². The number of pyridine rings is 1. The Balaban J connectivity index is 1.34. The lowest BCUT2D eigenvalue weighted by atomic mass is 10.1. The number of aromatic amines is 1. The van der Waals surface area contributed by atoms with Crippen molar-refractivity contribution in [3.05, 3.63) is 62.3 Å². The second kappa shape index (κ2) is 10.00. The Kier molecular flexibility index (Phi) is 6.43. The van der Waals surface area contributed by atoms with E-state index < -0.39 is 0 Å². The molecule has 0 unspecified atom stereocenters. The third kappa shape index (κ3) is 4.61. The van der Waals surface area contributed by atoms with Crippen LogP contribution in [0.15, 0.2) is 40.5 Å². The molecule has 1 N–H and O–H groups in total. The van der Waals surface area contributed by atoms with Gasteiger partial charge in [-0.1, -0.05) is 13.0 Å². The Labute approximate surface area is 211 Å². The van der Waals surface area contributed by atoms with E-state index in [0.717, 1.165) is 42.6 Å². The molecule has 0 spiro atoms. The van der Waals surface area contributed by atoms with Crippen LogP contribution in [0.2, 0.25) is 0 Å². The summed E-state index contributed by atoms with van der Waals surface area (Å²) in [5.74, 6) is 2.13. The molecule has 0 radical (unpaired) electrons. The third-order valence-corrected chi connectivity index (χ3v) is 7.67. The first-order valence-electron chi connectivity index (χ1n) is 12.3. The van der Waals surface area contributed by atoms with Gasteiger partial charge in [-0.3, -0.25) is 9.69 Å². The van der Waals surface area contributed by atoms with Crippen molar-refractivity contribution in [3.63, 3.8) is 0 Å². The van der Waals surface area contributed by atoms with Gasteiger partial charge in [-0.2, -0.15) is 0 Å². The first-order chi connectivity index (χ1) is 17.7. The molecule has 4 aromatic rings. The fourth-order valence-corrected chi connectivity index (χ4v) is 5.75. The zero-order valence-corrected chi connectivity index (χ0v) is 20.9. The minimum atomic E-state index is -0.119. The van der Waals surface area contributed by atoms with E-state index in [1.165, 1.54) is 4.88 Å². The van der Waals surface area contributed by atoms with Crippen LogP contribution in [-0.2, 0) is 24.4 Å². The van der Waals surface area contributed by atoms with Gasteiger partial charge in [-0.15, -0.1) is 16.4 Å². The number of ether oxygens (including phenoxy) is 3. The maximum Gasteiger partial charge on any atom is 0.252 e.